The molecule has 410 valence electrons. The molecule has 5 aromatic rings. The number of nitrogens with zero attached hydrogens (tertiary/aromatic N) is 9. The van der Waals surface area contributed by atoms with Gasteiger partial charge in [-0.25, -0.2) is 33.6 Å². The van der Waals surface area contributed by atoms with E-state index in [2.05, 4.69) is 39.9 Å². The Morgan fingerprint density at radius 3 is 1.88 bits per heavy atom. The van der Waals surface area contributed by atoms with Crippen LogP contribution in [0.5, 0.6) is 0 Å². The first-order valence-corrected chi connectivity index (χ1v) is 27.2. The number of nitrogens with one attached hydrogen (secondary N) is 2. The van der Waals surface area contributed by atoms with Gasteiger partial charge in [-0.15, -0.1) is 0 Å². The maximum Gasteiger partial charge on any atom is 0.472 e. The highest BCUT2D eigenvalue weighted by molar-refractivity contribution is 7.48. The van der Waals surface area contributed by atoms with Gasteiger partial charge in [0.25, 0.3) is 11.1 Å². The second kappa shape index (κ2) is 22.1. The van der Waals surface area contributed by atoms with E-state index in [4.69, 9.17) is 63.3 Å². The minimum atomic E-state index is -5.24. The largest absolute Gasteiger partial charge is 0.472 e. The standard InChI is InChI=1S/C38H53N14O20P3/c1-63-28-26(21(11-54)68-35(28)51-15-44-24-31(51)46-37(40)48-33(24)55)71-75(61,62)66-12-18-9-50(8-17-4-5-19-23(17)42-14-43-30(19)39)10-20(18)70-74(59,60)67-13-22-27(72-73(57,58)65-7-3-6-53)29(64-2)36(69-22)52-16-45-25-32(52)47-38(41)49-34(25)56/h4,14-16,18,20-22,26-29,35-36,53-54H,3,5-13H2,1-2H3,(H,57,58)(H,59,60)(H,61,62)(H2,39,42,43)(H3,40,46,48,55)(H3,41,47,49,56)/t18-,20?,21-,22-,26?,27?,28+,29+,35-,36-/m1/s1. The van der Waals surface area contributed by atoms with Crippen LogP contribution in [-0.4, -0.2) is 188 Å². The zero-order chi connectivity index (χ0) is 53.6. The number of anilines is 3. The summed E-state index contributed by atoms with van der Waals surface area (Å²) in [5, 5.41) is 19.5. The number of hydrogen-bond acceptors (Lipinski definition) is 27. The summed E-state index contributed by atoms with van der Waals surface area (Å²) in [7, 11) is -12.9. The highest BCUT2D eigenvalue weighted by Crippen LogP contribution is 2.53. The number of nitrogen functional groups attached to an aromatic ring is 3. The molecule has 75 heavy (non-hydrogen) atoms. The van der Waals surface area contributed by atoms with Gasteiger partial charge in [0.15, 0.2) is 34.8 Å². The lowest BCUT2D eigenvalue weighted by atomic mass is 10.1. The van der Waals surface area contributed by atoms with E-state index in [9.17, 15) is 48.2 Å². The number of H-pyrrole nitrogens is 2. The van der Waals surface area contributed by atoms with Crippen molar-refractivity contribution in [3.8, 4) is 0 Å². The van der Waals surface area contributed by atoms with Crippen LogP contribution in [0, 0.1) is 5.92 Å². The molecule has 3 saturated heterocycles. The van der Waals surface area contributed by atoms with Gasteiger partial charge in [-0.05, 0) is 18.4 Å². The van der Waals surface area contributed by atoms with Gasteiger partial charge in [0, 0.05) is 51.9 Å². The normalized spacial score (nSPS) is 28.4. The van der Waals surface area contributed by atoms with E-state index >= 15 is 0 Å². The van der Waals surface area contributed by atoms with E-state index in [1.54, 1.807) is 4.90 Å². The molecule has 3 fully saturated rings. The lowest BCUT2D eigenvalue weighted by Crippen LogP contribution is -2.37. The molecule has 1 aliphatic carbocycles. The Labute approximate surface area is 421 Å². The minimum Gasteiger partial charge on any atom is -0.396 e. The summed E-state index contributed by atoms with van der Waals surface area (Å²) >= 11 is 0. The molecule has 0 aromatic carbocycles. The van der Waals surface area contributed by atoms with Crippen LogP contribution in [0.25, 0.3) is 27.9 Å². The average molecular weight is 1120 g/mol. The Hall–Kier alpha value is -5.03. The van der Waals surface area contributed by atoms with Crippen LogP contribution >= 0.6 is 23.5 Å². The van der Waals surface area contributed by atoms with Gasteiger partial charge in [0.05, 0.1) is 50.9 Å². The summed E-state index contributed by atoms with van der Waals surface area (Å²) in [5.41, 5.74) is 18.0. The maximum atomic E-state index is 14.1. The molecular weight excluding hydrogens is 1070 g/mol. The minimum absolute atomic E-state index is 0.0208. The highest BCUT2D eigenvalue weighted by Gasteiger charge is 2.53. The van der Waals surface area contributed by atoms with Crippen LogP contribution in [0.4, 0.5) is 17.7 Å². The van der Waals surface area contributed by atoms with E-state index in [0.29, 0.717) is 23.5 Å². The molecule has 37 heteroatoms. The zero-order valence-corrected chi connectivity index (χ0v) is 42.3. The SMILES string of the molecule is CO[C@H]1C(OP(=O)(O)OC[C@H]2CN(CC3=CCc4c(N)ncnc43)CC2OP(=O)(O)OC[C@H]2O[C@@H](n3cnc4c(=O)[nH]c(N)nc43)[C@@H](OC)C2OP(=O)(O)OCCCO)[C@@H](CO)O[C@H]1n1cnc2c(=O)[nH]c(N)nc21. The third-order valence-electron chi connectivity index (χ3n) is 12.6. The molecule has 4 aliphatic rings. The molecule has 34 nitrogen and oxygen atoms in total. The number of aliphatic hydroxyl groups excluding tert-OH is 2. The fourth-order valence-corrected chi connectivity index (χ4v) is 12.2. The van der Waals surface area contributed by atoms with Crippen molar-refractivity contribution in [1.29, 1.82) is 0 Å². The number of aromatic amines is 2. The van der Waals surface area contributed by atoms with Crippen molar-refractivity contribution in [3.63, 3.8) is 0 Å². The van der Waals surface area contributed by atoms with Gasteiger partial charge in [-0.3, -0.25) is 60.7 Å². The van der Waals surface area contributed by atoms with Crippen molar-refractivity contribution in [1.82, 2.24) is 53.9 Å². The van der Waals surface area contributed by atoms with E-state index in [0.717, 1.165) is 11.9 Å². The Morgan fingerprint density at radius 2 is 1.29 bits per heavy atom. The van der Waals surface area contributed by atoms with Gasteiger partial charge in [0.2, 0.25) is 11.9 Å². The summed E-state index contributed by atoms with van der Waals surface area (Å²) < 4.78 is 100. The molecule has 3 aliphatic heterocycles. The summed E-state index contributed by atoms with van der Waals surface area (Å²) in [6, 6.07) is 0. The second-order valence-electron chi connectivity index (χ2n) is 17.4. The van der Waals surface area contributed by atoms with Crippen LogP contribution in [0.15, 0.2) is 34.6 Å². The smallest absolute Gasteiger partial charge is 0.396 e. The van der Waals surface area contributed by atoms with Gasteiger partial charge < -0.3 is 61.0 Å². The van der Waals surface area contributed by atoms with Gasteiger partial charge in [0.1, 0.15) is 48.8 Å². The van der Waals surface area contributed by atoms with E-state index in [1.165, 1.54) is 36.0 Å². The lowest BCUT2D eigenvalue weighted by Gasteiger charge is -2.27. The van der Waals surface area contributed by atoms with Crippen molar-refractivity contribution in [2.24, 2.45) is 5.92 Å². The molecule has 5 aromatic heterocycles. The number of imidazole rings is 2. The number of allylic oxidation sites excluding steroid dienone is 1. The van der Waals surface area contributed by atoms with Crippen molar-refractivity contribution < 1.29 is 84.7 Å². The Balaban J connectivity index is 0.930. The van der Waals surface area contributed by atoms with Crippen molar-refractivity contribution in [2.45, 2.75) is 68.0 Å². The van der Waals surface area contributed by atoms with Crippen molar-refractivity contribution >= 4 is 69.1 Å². The van der Waals surface area contributed by atoms with Gasteiger partial charge in [-0.1, -0.05) is 6.08 Å². The number of hydrogen-bond donors (Lipinski definition) is 10. The molecule has 6 unspecified atom stereocenters. The second-order valence-corrected chi connectivity index (χ2v) is 21.6. The molecule has 0 radical (unpaired) electrons. The van der Waals surface area contributed by atoms with Crippen LogP contribution in [0.3, 0.4) is 0 Å². The molecule has 13 atom stereocenters. The quantitative estimate of drug-likeness (QED) is 0.0251. The molecule has 8 heterocycles. The summed E-state index contributed by atoms with van der Waals surface area (Å²) in [5.74, 6) is -1.21. The third-order valence-corrected chi connectivity index (χ3v) is 15.6. The molecule has 9 rings (SSSR count). The van der Waals surface area contributed by atoms with Gasteiger partial charge >= 0.3 is 23.5 Å². The lowest BCUT2D eigenvalue weighted by molar-refractivity contribution is -0.0595. The van der Waals surface area contributed by atoms with Crippen LogP contribution in [-0.2, 0) is 66.2 Å². The predicted molar refractivity (Wildman–Crippen MR) is 253 cm³/mol. The first-order chi connectivity index (χ1) is 35.7. The third kappa shape index (κ3) is 11.6. The van der Waals surface area contributed by atoms with Crippen molar-refractivity contribution in [2.75, 3.05) is 84.1 Å². The van der Waals surface area contributed by atoms with Crippen molar-refractivity contribution in [3.05, 3.63) is 57.0 Å². The number of phosphoric ester groups is 3. The number of rotatable bonds is 23. The fraction of sp³-hybridized carbons (Fsp3) is 0.579. The predicted octanol–water partition coefficient (Wildman–Crippen LogP) is -1.93. The first-order valence-electron chi connectivity index (χ1n) is 22.7. The molecule has 0 bridgehead atoms. The Bertz CT molecular complexity index is 3200. The van der Waals surface area contributed by atoms with E-state index in [1.807, 2.05) is 6.08 Å². The fourth-order valence-electron chi connectivity index (χ4n) is 9.27. The highest BCUT2D eigenvalue weighted by atomic mass is 31.2. The number of methoxy groups -OCH3 is 2. The Morgan fingerprint density at radius 1 is 0.733 bits per heavy atom. The zero-order valence-electron chi connectivity index (χ0n) is 39.6. The Kier molecular flexibility index (Phi) is 16.2. The number of ether oxygens (including phenoxy) is 4. The maximum absolute atomic E-state index is 14.1. The van der Waals surface area contributed by atoms with Crippen LogP contribution in [0.2, 0.25) is 0 Å². The first kappa shape index (κ1) is 54.7. The number of aliphatic hydroxyl groups is 2. The summed E-state index contributed by atoms with van der Waals surface area (Å²) in [6.45, 7) is -2.92. The van der Waals surface area contributed by atoms with Crippen LogP contribution in [0.1, 0.15) is 30.1 Å². The molecular formula is C38H53N14O20P3. The molecule has 0 saturated carbocycles. The number of fused-ring (bicyclic) bond motifs is 3. The topological polar surface area (TPSA) is 479 Å². The average Bonchev–Trinajstić information content (AvgIpc) is 4.23. The van der Waals surface area contributed by atoms with E-state index in [-0.39, 0.29) is 66.9 Å². The number of phosphoric acid groups is 3. The van der Waals surface area contributed by atoms with E-state index < -0.39 is 122 Å². The monoisotopic (exact) mass is 1120 g/mol. The number of aromatic nitrogens is 10. The summed E-state index contributed by atoms with van der Waals surface area (Å²) in [6.07, 6.45) is -6.44. The number of likely N-dealkylation sites (tertiary alicyclic amines) is 1. The van der Waals surface area contributed by atoms with Crippen LogP contribution < -0.4 is 28.3 Å². The molecule has 13 N–H and O–H groups in total. The molecule has 0 amide bonds. The van der Waals surface area contributed by atoms with Gasteiger partial charge in [-0.2, -0.15) is 9.97 Å². The summed E-state index contributed by atoms with van der Waals surface area (Å²) in [4.78, 5) is 89.7. The molecule has 0 spiro atoms. The number of nitrogens with two attached hydrogens (primary N) is 3.